The number of hydrogen-bond acceptors (Lipinski definition) is 2. The van der Waals surface area contributed by atoms with Crippen molar-refractivity contribution >= 4 is 0 Å². The van der Waals surface area contributed by atoms with Gasteiger partial charge in [0.1, 0.15) is 0 Å². The van der Waals surface area contributed by atoms with Crippen LogP contribution in [-0.2, 0) is 0 Å². The number of nitrogens with one attached hydrogen (secondary N) is 2. The standard InChI is InChI=1S/C21H28N2/c1-3-8-18(9-4-1)21(19-10-5-2-6-11-19)12-7-15-23-20-13-16-22-17-14-20/h1-6,8-11,20-23H,7,12-17H2. The van der Waals surface area contributed by atoms with E-state index >= 15 is 0 Å². The second-order valence-corrected chi connectivity index (χ2v) is 6.49. The molecule has 1 fully saturated rings. The van der Waals surface area contributed by atoms with Gasteiger partial charge in [-0.2, -0.15) is 0 Å². The van der Waals surface area contributed by atoms with Crippen LogP contribution in [0.25, 0.3) is 0 Å². The fourth-order valence-corrected chi connectivity index (χ4v) is 3.53. The van der Waals surface area contributed by atoms with Crippen molar-refractivity contribution in [3.05, 3.63) is 71.8 Å². The summed E-state index contributed by atoms with van der Waals surface area (Å²) in [5.74, 6) is 0.507. The first-order chi connectivity index (χ1) is 11.4. The molecular formula is C21H28N2. The molecule has 0 amide bonds. The Hall–Kier alpha value is -1.64. The summed E-state index contributed by atoms with van der Waals surface area (Å²) in [6.45, 7) is 3.45. The maximum absolute atomic E-state index is 3.74. The Balaban J connectivity index is 1.56. The van der Waals surface area contributed by atoms with Crippen LogP contribution in [0.15, 0.2) is 60.7 Å². The van der Waals surface area contributed by atoms with Gasteiger partial charge in [-0.25, -0.2) is 0 Å². The number of benzene rings is 2. The molecule has 2 N–H and O–H groups in total. The molecule has 1 heterocycles. The lowest BCUT2D eigenvalue weighted by Crippen LogP contribution is -2.40. The zero-order valence-electron chi connectivity index (χ0n) is 13.9. The van der Waals surface area contributed by atoms with Gasteiger partial charge in [-0.1, -0.05) is 60.7 Å². The van der Waals surface area contributed by atoms with Gasteiger partial charge in [0, 0.05) is 12.0 Å². The highest BCUT2D eigenvalue weighted by molar-refractivity contribution is 5.32. The van der Waals surface area contributed by atoms with Gasteiger partial charge >= 0.3 is 0 Å². The highest BCUT2D eigenvalue weighted by Crippen LogP contribution is 2.28. The van der Waals surface area contributed by atoms with Crippen molar-refractivity contribution in [1.82, 2.24) is 10.6 Å². The summed E-state index contributed by atoms with van der Waals surface area (Å²) < 4.78 is 0. The molecule has 2 heteroatoms. The molecule has 0 radical (unpaired) electrons. The maximum atomic E-state index is 3.74. The van der Waals surface area contributed by atoms with Crippen molar-refractivity contribution in [2.75, 3.05) is 19.6 Å². The largest absolute Gasteiger partial charge is 0.317 e. The normalized spacial score (nSPS) is 15.9. The first-order valence-electron chi connectivity index (χ1n) is 8.97. The van der Waals surface area contributed by atoms with Crippen LogP contribution < -0.4 is 10.6 Å². The van der Waals surface area contributed by atoms with Gasteiger partial charge in [0.25, 0.3) is 0 Å². The third-order valence-electron chi connectivity index (χ3n) is 4.85. The molecule has 0 atom stereocenters. The molecule has 0 unspecified atom stereocenters. The SMILES string of the molecule is c1ccc(C(CCCNC2CCNCC2)c2ccccc2)cc1. The maximum Gasteiger partial charge on any atom is 0.00912 e. The van der Waals surface area contributed by atoms with Gasteiger partial charge < -0.3 is 10.6 Å². The van der Waals surface area contributed by atoms with Crippen molar-refractivity contribution in [2.24, 2.45) is 0 Å². The minimum absolute atomic E-state index is 0.507. The van der Waals surface area contributed by atoms with Crippen molar-refractivity contribution < 1.29 is 0 Å². The number of rotatable bonds is 7. The molecule has 0 aliphatic carbocycles. The fourth-order valence-electron chi connectivity index (χ4n) is 3.53. The second kappa shape index (κ2) is 8.85. The van der Waals surface area contributed by atoms with Crippen LogP contribution >= 0.6 is 0 Å². The van der Waals surface area contributed by atoms with E-state index in [1.54, 1.807) is 0 Å². The van der Waals surface area contributed by atoms with E-state index in [4.69, 9.17) is 0 Å². The van der Waals surface area contributed by atoms with E-state index in [-0.39, 0.29) is 0 Å². The monoisotopic (exact) mass is 308 g/mol. The smallest absolute Gasteiger partial charge is 0.00912 e. The van der Waals surface area contributed by atoms with Crippen LogP contribution in [0.4, 0.5) is 0 Å². The summed E-state index contributed by atoms with van der Waals surface area (Å²) in [7, 11) is 0. The minimum atomic E-state index is 0.507. The lowest BCUT2D eigenvalue weighted by Gasteiger charge is -2.24. The molecule has 2 aromatic carbocycles. The molecule has 2 nitrogen and oxygen atoms in total. The Labute approximate surface area is 140 Å². The van der Waals surface area contributed by atoms with Gasteiger partial charge in [0.05, 0.1) is 0 Å². The lowest BCUT2D eigenvalue weighted by atomic mass is 9.87. The van der Waals surface area contributed by atoms with Gasteiger partial charge in [0.15, 0.2) is 0 Å². The van der Waals surface area contributed by atoms with E-state index in [2.05, 4.69) is 71.3 Å². The molecule has 122 valence electrons. The minimum Gasteiger partial charge on any atom is -0.317 e. The molecule has 1 aliphatic rings. The predicted molar refractivity (Wildman–Crippen MR) is 97.9 cm³/mol. The molecule has 0 saturated carbocycles. The molecule has 2 aromatic rings. The van der Waals surface area contributed by atoms with E-state index in [1.807, 2.05) is 0 Å². The van der Waals surface area contributed by atoms with Gasteiger partial charge in [0.2, 0.25) is 0 Å². The molecule has 3 rings (SSSR count). The third kappa shape index (κ3) is 4.92. The average molecular weight is 308 g/mol. The van der Waals surface area contributed by atoms with Gasteiger partial charge in [-0.3, -0.25) is 0 Å². The van der Waals surface area contributed by atoms with Crippen LogP contribution in [0.1, 0.15) is 42.7 Å². The Kier molecular flexibility index (Phi) is 6.25. The molecule has 1 saturated heterocycles. The van der Waals surface area contributed by atoms with Crippen molar-refractivity contribution in [3.8, 4) is 0 Å². The third-order valence-corrected chi connectivity index (χ3v) is 4.85. The molecule has 23 heavy (non-hydrogen) atoms. The summed E-state index contributed by atoms with van der Waals surface area (Å²) in [5, 5.41) is 7.17. The molecule has 0 bridgehead atoms. The molecule has 1 aliphatic heterocycles. The van der Waals surface area contributed by atoms with E-state index in [0.29, 0.717) is 12.0 Å². The van der Waals surface area contributed by atoms with Crippen LogP contribution in [0.3, 0.4) is 0 Å². The highest BCUT2D eigenvalue weighted by Gasteiger charge is 2.15. The molecular weight excluding hydrogens is 280 g/mol. The summed E-state index contributed by atoms with van der Waals surface area (Å²) in [6, 6.07) is 22.6. The average Bonchev–Trinajstić information content (AvgIpc) is 2.64. The Morgan fingerprint density at radius 1 is 0.870 bits per heavy atom. The summed E-state index contributed by atoms with van der Waals surface area (Å²) in [4.78, 5) is 0. The topological polar surface area (TPSA) is 24.1 Å². The van der Waals surface area contributed by atoms with Crippen LogP contribution in [0.5, 0.6) is 0 Å². The number of piperidine rings is 1. The van der Waals surface area contributed by atoms with E-state index in [9.17, 15) is 0 Å². The van der Waals surface area contributed by atoms with Crippen LogP contribution in [-0.4, -0.2) is 25.7 Å². The fraction of sp³-hybridized carbons (Fsp3) is 0.429. The Morgan fingerprint density at radius 3 is 2.00 bits per heavy atom. The van der Waals surface area contributed by atoms with Crippen molar-refractivity contribution in [2.45, 2.75) is 37.6 Å². The zero-order chi connectivity index (χ0) is 15.7. The van der Waals surface area contributed by atoms with Crippen LogP contribution in [0.2, 0.25) is 0 Å². The number of hydrogen-bond donors (Lipinski definition) is 2. The first kappa shape index (κ1) is 16.2. The van der Waals surface area contributed by atoms with Crippen molar-refractivity contribution in [1.29, 1.82) is 0 Å². The highest BCUT2D eigenvalue weighted by atomic mass is 15.0. The van der Waals surface area contributed by atoms with E-state index < -0.39 is 0 Å². The Morgan fingerprint density at radius 2 is 1.43 bits per heavy atom. The lowest BCUT2D eigenvalue weighted by molar-refractivity contribution is 0.383. The Bertz CT molecular complexity index is 507. The summed E-state index contributed by atoms with van der Waals surface area (Å²) in [5.41, 5.74) is 2.86. The zero-order valence-corrected chi connectivity index (χ0v) is 13.9. The van der Waals surface area contributed by atoms with Crippen molar-refractivity contribution in [3.63, 3.8) is 0 Å². The molecule has 0 spiro atoms. The van der Waals surface area contributed by atoms with E-state index in [1.165, 1.54) is 36.8 Å². The first-order valence-corrected chi connectivity index (χ1v) is 8.97. The van der Waals surface area contributed by atoms with E-state index in [0.717, 1.165) is 19.6 Å². The summed E-state index contributed by atoms with van der Waals surface area (Å²) in [6.07, 6.45) is 4.95. The van der Waals surface area contributed by atoms with Gasteiger partial charge in [-0.05, 0) is 56.4 Å². The second-order valence-electron chi connectivity index (χ2n) is 6.49. The summed E-state index contributed by atoms with van der Waals surface area (Å²) >= 11 is 0. The predicted octanol–water partition coefficient (Wildman–Crippen LogP) is 3.94. The van der Waals surface area contributed by atoms with Gasteiger partial charge in [-0.15, -0.1) is 0 Å². The molecule has 0 aromatic heterocycles. The quantitative estimate of drug-likeness (QED) is 0.757. The van der Waals surface area contributed by atoms with Crippen LogP contribution in [0, 0.1) is 0 Å².